The molecule has 30 heavy (non-hydrogen) atoms. The molecule has 1 aliphatic rings. The van der Waals surface area contributed by atoms with Crippen molar-refractivity contribution in [2.75, 3.05) is 32.4 Å². The summed E-state index contributed by atoms with van der Waals surface area (Å²) in [6.07, 6.45) is -3.36. The average molecular weight is 461 g/mol. The van der Waals surface area contributed by atoms with E-state index in [9.17, 15) is 26.4 Å². The molecule has 2 aromatic rings. The molecule has 1 heterocycles. The van der Waals surface area contributed by atoms with Gasteiger partial charge in [0.2, 0.25) is 0 Å². The molecule has 1 saturated heterocycles. The quantitative estimate of drug-likeness (QED) is 0.697. The molecule has 3 rings (SSSR count). The smallest absolute Gasteiger partial charge is 0.336 e. The number of hydrogen-bond donors (Lipinski definition) is 0. The third kappa shape index (κ3) is 5.33. The van der Waals surface area contributed by atoms with Crippen molar-refractivity contribution < 1.29 is 26.4 Å². The molecular weight excluding hydrogens is 441 g/mol. The Morgan fingerprint density at radius 2 is 1.73 bits per heavy atom. The van der Waals surface area contributed by atoms with Gasteiger partial charge in [0.25, 0.3) is 5.91 Å². The molecule has 5 nitrogen and oxygen atoms in total. The van der Waals surface area contributed by atoms with E-state index in [2.05, 4.69) is 0 Å². The van der Waals surface area contributed by atoms with Crippen LogP contribution >= 0.6 is 11.6 Å². The fourth-order valence-corrected chi connectivity index (χ4v) is 4.62. The average Bonchev–Trinajstić information content (AvgIpc) is 2.67. The van der Waals surface area contributed by atoms with Gasteiger partial charge in [-0.05, 0) is 29.8 Å². The van der Waals surface area contributed by atoms with Crippen LogP contribution < -0.4 is 0 Å². The van der Waals surface area contributed by atoms with Gasteiger partial charge in [0.15, 0.2) is 9.84 Å². The summed E-state index contributed by atoms with van der Waals surface area (Å²) in [6.45, 7) is 2.11. The second-order valence-electron chi connectivity index (χ2n) is 7.18. The van der Waals surface area contributed by atoms with Crippen molar-refractivity contribution >= 4 is 27.3 Å². The lowest BCUT2D eigenvalue weighted by Crippen LogP contribution is -2.48. The number of alkyl halides is 3. The SMILES string of the molecule is CS(=O)(=O)c1cc(C(=O)N2CCN(Cc3cccc(C(F)(F)F)c3)CC2)ccc1Cl. The standard InChI is InChI=1S/C20H20ClF3N2O3S/c1-30(28,29)18-12-15(5-6-17(18)21)19(27)26-9-7-25(8-10-26)13-14-3-2-4-16(11-14)20(22,23)24/h2-6,11-12H,7-10,13H2,1H3. The monoisotopic (exact) mass is 460 g/mol. The van der Waals surface area contributed by atoms with Crippen molar-refractivity contribution in [1.82, 2.24) is 9.80 Å². The predicted octanol–water partition coefficient (Wildman–Crippen LogP) is 3.72. The van der Waals surface area contributed by atoms with Crippen LogP contribution in [0.2, 0.25) is 5.02 Å². The molecule has 0 aliphatic carbocycles. The van der Waals surface area contributed by atoms with Crippen LogP contribution in [0.1, 0.15) is 21.5 Å². The Balaban J connectivity index is 1.64. The fraction of sp³-hybridized carbons (Fsp3) is 0.350. The van der Waals surface area contributed by atoms with Gasteiger partial charge >= 0.3 is 6.18 Å². The number of rotatable bonds is 4. The maximum Gasteiger partial charge on any atom is 0.416 e. The molecule has 0 aromatic heterocycles. The summed E-state index contributed by atoms with van der Waals surface area (Å²) in [5, 5.41) is 0.0555. The van der Waals surface area contributed by atoms with Gasteiger partial charge in [-0.15, -0.1) is 0 Å². The number of carbonyl (C=O) groups is 1. The zero-order valence-corrected chi connectivity index (χ0v) is 17.7. The maximum atomic E-state index is 12.9. The molecule has 1 amide bonds. The van der Waals surface area contributed by atoms with Crippen LogP contribution in [0.4, 0.5) is 13.2 Å². The highest BCUT2D eigenvalue weighted by Gasteiger charge is 2.30. The number of carbonyl (C=O) groups excluding carboxylic acids is 1. The normalized spacial score (nSPS) is 16.0. The Morgan fingerprint density at radius 3 is 2.33 bits per heavy atom. The van der Waals surface area contributed by atoms with Gasteiger partial charge < -0.3 is 4.90 Å². The van der Waals surface area contributed by atoms with Crippen LogP contribution in [0.3, 0.4) is 0 Å². The van der Waals surface area contributed by atoms with Gasteiger partial charge in [0.1, 0.15) is 0 Å². The number of amides is 1. The highest BCUT2D eigenvalue weighted by atomic mass is 35.5. The van der Waals surface area contributed by atoms with Crippen LogP contribution in [0.5, 0.6) is 0 Å². The molecule has 2 aromatic carbocycles. The van der Waals surface area contributed by atoms with E-state index in [1.54, 1.807) is 11.0 Å². The minimum atomic E-state index is -4.38. The topological polar surface area (TPSA) is 57.7 Å². The van der Waals surface area contributed by atoms with Crippen LogP contribution in [0, 0.1) is 0 Å². The summed E-state index contributed by atoms with van der Waals surface area (Å²) in [4.78, 5) is 16.2. The fourth-order valence-electron chi connectivity index (χ4n) is 3.32. The van der Waals surface area contributed by atoms with E-state index < -0.39 is 21.6 Å². The molecule has 10 heteroatoms. The van der Waals surface area contributed by atoms with E-state index >= 15 is 0 Å². The van der Waals surface area contributed by atoms with Crippen molar-refractivity contribution in [3.05, 3.63) is 64.2 Å². The van der Waals surface area contributed by atoms with E-state index in [1.165, 1.54) is 24.3 Å². The first-order chi connectivity index (χ1) is 13.9. The number of benzene rings is 2. The first-order valence-electron chi connectivity index (χ1n) is 9.12. The zero-order valence-electron chi connectivity index (χ0n) is 16.1. The minimum Gasteiger partial charge on any atom is -0.336 e. The van der Waals surface area contributed by atoms with Crippen LogP contribution in [0.15, 0.2) is 47.4 Å². The highest BCUT2D eigenvalue weighted by Crippen LogP contribution is 2.30. The maximum absolute atomic E-state index is 12.9. The van der Waals surface area contributed by atoms with Crippen LogP contribution in [-0.2, 0) is 22.6 Å². The third-order valence-electron chi connectivity index (χ3n) is 4.90. The number of sulfone groups is 1. The zero-order chi connectivity index (χ0) is 22.1. The van der Waals surface area contributed by atoms with E-state index in [0.29, 0.717) is 38.3 Å². The number of nitrogens with zero attached hydrogens (tertiary/aromatic N) is 2. The molecule has 0 bridgehead atoms. The molecular formula is C20H20ClF3N2O3S. The Hall–Kier alpha value is -2.10. The summed E-state index contributed by atoms with van der Waals surface area (Å²) in [7, 11) is -3.57. The summed E-state index contributed by atoms with van der Waals surface area (Å²) in [5.41, 5.74) is 0.101. The summed E-state index contributed by atoms with van der Waals surface area (Å²) >= 11 is 5.93. The molecule has 0 spiro atoms. The molecule has 1 aliphatic heterocycles. The summed E-state index contributed by atoms with van der Waals surface area (Å²) in [5.74, 6) is -0.310. The van der Waals surface area contributed by atoms with Gasteiger partial charge in [0.05, 0.1) is 15.5 Å². The molecule has 162 valence electrons. The number of halogens is 4. The van der Waals surface area contributed by atoms with E-state index in [0.717, 1.165) is 18.4 Å². The van der Waals surface area contributed by atoms with E-state index in [4.69, 9.17) is 11.6 Å². The molecule has 0 unspecified atom stereocenters. The van der Waals surface area contributed by atoms with Crippen molar-refractivity contribution in [3.63, 3.8) is 0 Å². The highest BCUT2D eigenvalue weighted by molar-refractivity contribution is 7.90. The second-order valence-corrected chi connectivity index (χ2v) is 9.58. The number of piperazine rings is 1. The summed E-state index contributed by atoms with van der Waals surface area (Å²) < 4.78 is 62.3. The molecule has 1 fully saturated rings. The van der Waals surface area contributed by atoms with Crippen molar-refractivity contribution in [1.29, 1.82) is 0 Å². The second kappa shape index (κ2) is 8.56. The molecule has 0 saturated carbocycles. The van der Waals surface area contributed by atoms with Crippen molar-refractivity contribution in [3.8, 4) is 0 Å². The largest absolute Gasteiger partial charge is 0.416 e. The first kappa shape index (κ1) is 22.6. The minimum absolute atomic E-state index is 0.0555. The van der Waals surface area contributed by atoms with E-state index in [-0.39, 0.29) is 21.4 Å². The summed E-state index contributed by atoms with van der Waals surface area (Å²) in [6, 6.07) is 9.35. The predicted molar refractivity (Wildman–Crippen MR) is 107 cm³/mol. The molecule has 0 radical (unpaired) electrons. The Kier molecular flexibility index (Phi) is 6.45. The lowest BCUT2D eigenvalue weighted by Gasteiger charge is -2.35. The number of hydrogen-bond acceptors (Lipinski definition) is 4. The van der Waals surface area contributed by atoms with Crippen LogP contribution in [-0.4, -0.2) is 56.6 Å². The van der Waals surface area contributed by atoms with E-state index in [1.807, 2.05) is 4.90 Å². The van der Waals surface area contributed by atoms with Gasteiger partial charge in [-0.3, -0.25) is 9.69 Å². The lowest BCUT2D eigenvalue weighted by atomic mass is 10.1. The van der Waals surface area contributed by atoms with Crippen LogP contribution in [0.25, 0.3) is 0 Å². The Labute approximate surface area is 178 Å². The lowest BCUT2D eigenvalue weighted by molar-refractivity contribution is -0.137. The third-order valence-corrected chi connectivity index (χ3v) is 6.48. The molecule has 0 N–H and O–H groups in total. The molecule has 0 atom stereocenters. The Bertz CT molecular complexity index is 1050. The van der Waals surface area contributed by atoms with Gasteiger partial charge in [-0.1, -0.05) is 29.8 Å². The van der Waals surface area contributed by atoms with Gasteiger partial charge in [0, 0.05) is 44.5 Å². The first-order valence-corrected chi connectivity index (χ1v) is 11.4. The Morgan fingerprint density at radius 1 is 1.07 bits per heavy atom. The van der Waals surface area contributed by atoms with Gasteiger partial charge in [-0.2, -0.15) is 13.2 Å². The van der Waals surface area contributed by atoms with Crippen molar-refractivity contribution in [2.24, 2.45) is 0 Å². The van der Waals surface area contributed by atoms with Gasteiger partial charge in [-0.25, -0.2) is 8.42 Å². The van der Waals surface area contributed by atoms with Crippen molar-refractivity contribution in [2.45, 2.75) is 17.6 Å².